The number of carbonyl (C=O) groups excluding carboxylic acids is 2. The van der Waals surface area contributed by atoms with Gasteiger partial charge in [-0.25, -0.2) is 0 Å². The maximum Gasteiger partial charge on any atom is 0.253 e. The van der Waals surface area contributed by atoms with E-state index in [0.717, 1.165) is 11.1 Å². The molecule has 0 radical (unpaired) electrons. The van der Waals surface area contributed by atoms with Crippen molar-refractivity contribution in [1.82, 2.24) is 14.7 Å². The molecule has 158 valence electrons. The molecule has 0 bridgehead atoms. The lowest BCUT2D eigenvalue weighted by molar-refractivity contribution is -0.133. The minimum atomic E-state index is 0.0273. The molecule has 2 heterocycles. The first-order valence-electron chi connectivity index (χ1n) is 10.7. The van der Waals surface area contributed by atoms with E-state index in [4.69, 9.17) is 0 Å². The number of hydrogen-bond acceptors (Lipinski definition) is 3. The molecule has 0 N–H and O–H groups in total. The van der Waals surface area contributed by atoms with Crippen molar-refractivity contribution in [2.45, 2.75) is 19.9 Å². The molecule has 3 atom stereocenters. The van der Waals surface area contributed by atoms with Crippen molar-refractivity contribution in [3.05, 3.63) is 70.8 Å². The molecule has 4 rings (SSSR count). The van der Waals surface area contributed by atoms with E-state index < -0.39 is 0 Å². The van der Waals surface area contributed by atoms with Gasteiger partial charge in [0.05, 0.1) is 12.6 Å². The van der Waals surface area contributed by atoms with Gasteiger partial charge in [0.2, 0.25) is 5.91 Å². The topological polar surface area (TPSA) is 43.9 Å². The van der Waals surface area contributed by atoms with E-state index in [1.165, 1.54) is 11.1 Å². The summed E-state index contributed by atoms with van der Waals surface area (Å²) < 4.78 is 0. The fourth-order valence-electron chi connectivity index (χ4n) is 5.02. The van der Waals surface area contributed by atoms with E-state index in [9.17, 15) is 9.59 Å². The van der Waals surface area contributed by atoms with Crippen LogP contribution in [0, 0.1) is 25.7 Å². The molecule has 0 aromatic heterocycles. The molecule has 2 fully saturated rings. The number of aryl methyl sites for hydroxylation is 2. The Morgan fingerprint density at radius 2 is 1.67 bits per heavy atom. The molecule has 2 saturated heterocycles. The van der Waals surface area contributed by atoms with Crippen LogP contribution in [0.5, 0.6) is 0 Å². The van der Waals surface area contributed by atoms with Crippen LogP contribution >= 0.6 is 0 Å². The van der Waals surface area contributed by atoms with Crippen LogP contribution < -0.4 is 0 Å². The Balaban J connectivity index is 1.60. The molecular weight excluding hydrogens is 374 g/mol. The van der Waals surface area contributed by atoms with Crippen LogP contribution in [-0.4, -0.2) is 66.8 Å². The van der Waals surface area contributed by atoms with Crippen LogP contribution in [0.3, 0.4) is 0 Å². The smallest absolute Gasteiger partial charge is 0.253 e. The highest BCUT2D eigenvalue weighted by Gasteiger charge is 2.50. The number of amides is 2. The average molecular weight is 406 g/mol. The monoisotopic (exact) mass is 405 g/mol. The molecule has 0 spiro atoms. The summed E-state index contributed by atoms with van der Waals surface area (Å²) in [6.45, 7) is 6.68. The fraction of sp³-hybridized carbons (Fsp3) is 0.440. The number of carbonyl (C=O) groups is 2. The lowest BCUT2D eigenvalue weighted by atomic mass is 9.87. The number of likely N-dealkylation sites (N-methyl/N-ethyl adjacent to an activating group) is 1. The number of nitrogens with zero attached hydrogens (tertiary/aromatic N) is 3. The third-order valence-electron chi connectivity index (χ3n) is 6.53. The summed E-state index contributed by atoms with van der Waals surface area (Å²) in [5.74, 6) is 0.847. The minimum Gasteiger partial charge on any atom is -0.338 e. The Bertz CT molecular complexity index is 938. The van der Waals surface area contributed by atoms with Crippen molar-refractivity contribution in [1.29, 1.82) is 0 Å². The van der Waals surface area contributed by atoms with Crippen molar-refractivity contribution in [2.24, 2.45) is 11.8 Å². The molecule has 2 aromatic rings. The van der Waals surface area contributed by atoms with Crippen molar-refractivity contribution in [3.63, 3.8) is 0 Å². The molecule has 2 aliphatic heterocycles. The first-order chi connectivity index (χ1) is 14.3. The Morgan fingerprint density at radius 3 is 2.33 bits per heavy atom. The van der Waals surface area contributed by atoms with Gasteiger partial charge in [0.15, 0.2) is 0 Å². The number of rotatable bonds is 4. The summed E-state index contributed by atoms with van der Waals surface area (Å²) in [5.41, 5.74) is 4.31. The number of likely N-dealkylation sites (tertiary alicyclic amines) is 2. The predicted molar refractivity (Wildman–Crippen MR) is 118 cm³/mol. The van der Waals surface area contributed by atoms with Crippen molar-refractivity contribution >= 4 is 11.8 Å². The Labute approximate surface area is 179 Å². The van der Waals surface area contributed by atoms with Crippen molar-refractivity contribution in [3.8, 4) is 0 Å². The van der Waals surface area contributed by atoms with E-state index >= 15 is 0 Å². The molecule has 0 aliphatic carbocycles. The molecular formula is C25H31N3O2. The Hall–Kier alpha value is -2.66. The van der Waals surface area contributed by atoms with Gasteiger partial charge in [-0.15, -0.1) is 0 Å². The number of benzene rings is 2. The SMILES string of the molecule is Cc1ccc(C(=O)N2C[C@@H]3CN(C(=O)CN(C)C)[C@@H](c4ccccc4C)[C@@H]3C2)cc1. The van der Waals surface area contributed by atoms with Crippen LogP contribution in [0.1, 0.15) is 33.1 Å². The predicted octanol–water partition coefficient (Wildman–Crippen LogP) is 3.14. The summed E-state index contributed by atoms with van der Waals surface area (Å²) in [6, 6.07) is 16.2. The summed E-state index contributed by atoms with van der Waals surface area (Å²) >= 11 is 0. The quantitative estimate of drug-likeness (QED) is 0.785. The second kappa shape index (κ2) is 8.23. The number of fused-ring (bicyclic) bond motifs is 1. The summed E-state index contributed by atoms with van der Waals surface area (Å²) in [4.78, 5) is 32.1. The molecule has 5 nitrogen and oxygen atoms in total. The van der Waals surface area contributed by atoms with Gasteiger partial charge in [-0.2, -0.15) is 0 Å². The first-order valence-corrected chi connectivity index (χ1v) is 10.7. The van der Waals surface area contributed by atoms with E-state index in [1.54, 1.807) is 0 Å². The summed E-state index contributed by atoms with van der Waals surface area (Å²) in [7, 11) is 3.86. The maximum absolute atomic E-state index is 13.1. The van der Waals surface area contributed by atoms with Crippen LogP contribution in [0.15, 0.2) is 48.5 Å². The van der Waals surface area contributed by atoms with Crippen LogP contribution in [0.25, 0.3) is 0 Å². The molecule has 5 heteroatoms. The van der Waals surface area contributed by atoms with Gasteiger partial charge in [0.1, 0.15) is 0 Å². The highest BCUT2D eigenvalue weighted by atomic mass is 16.2. The Morgan fingerprint density at radius 1 is 0.967 bits per heavy atom. The summed E-state index contributed by atoms with van der Waals surface area (Å²) in [5, 5.41) is 0. The van der Waals surface area contributed by atoms with E-state index in [0.29, 0.717) is 32.1 Å². The van der Waals surface area contributed by atoms with Crippen molar-refractivity contribution in [2.75, 3.05) is 40.3 Å². The van der Waals surface area contributed by atoms with Gasteiger partial charge in [0, 0.05) is 37.0 Å². The third kappa shape index (κ3) is 3.86. The molecule has 2 aromatic carbocycles. The lowest BCUT2D eigenvalue weighted by Gasteiger charge is -2.31. The first kappa shape index (κ1) is 20.6. The molecule has 30 heavy (non-hydrogen) atoms. The maximum atomic E-state index is 13.1. The van der Waals surface area contributed by atoms with Crippen LogP contribution in [0.4, 0.5) is 0 Å². The molecule has 2 amide bonds. The zero-order valence-electron chi connectivity index (χ0n) is 18.3. The minimum absolute atomic E-state index is 0.0273. The van der Waals surface area contributed by atoms with Crippen molar-refractivity contribution < 1.29 is 9.59 Å². The zero-order valence-corrected chi connectivity index (χ0v) is 18.3. The van der Waals surface area contributed by atoms with E-state index in [1.807, 2.05) is 61.2 Å². The van der Waals surface area contributed by atoms with Gasteiger partial charge in [-0.1, -0.05) is 42.0 Å². The van der Waals surface area contributed by atoms with Crippen LogP contribution in [-0.2, 0) is 4.79 Å². The van der Waals surface area contributed by atoms with E-state index in [-0.39, 0.29) is 23.8 Å². The number of hydrogen-bond donors (Lipinski definition) is 0. The summed E-state index contributed by atoms with van der Waals surface area (Å²) in [6.07, 6.45) is 0. The average Bonchev–Trinajstić information content (AvgIpc) is 3.26. The van der Waals surface area contributed by atoms with E-state index in [2.05, 4.69) is 30.0 Å². The third-order valence-corrected chi connectivity index (χ3v) is 6.53. The standard InChI is InChI=1S/C25H31N3O2/c1-17-9-11-19(12-10-17)25(30)27-13-20-14-28(23(29)16-26(3)4)24(22(20)15-27)21-8-6-5-7-18(21)2/h5-12,20,22,24H,13-16H2,1-4H3/t20-,22-,24+/m1/s1. The van der Waals surface area contributed by atoms with Gasteiger partial charge in [0.25, 0.3) is 5.91 Å². The van der Waals surface area contributed by atoms with Gasteiger partial charge >= 0.3 is 0 Å². The molecule has 0 saturated carbocycles. The Kier molecular flexibility index (Phi) is 5.65. The normalized spacial score (nSPS) is 23.2. The molecule has 0 unspecified atom stereocenters. The lowest BCUT2D eigenvalue weighted by Crippen LogP contribution is -2.41. The van der Waals surface area contributed by atoms with Crippen LogP contribution in [0.2, 0.25) is 0 Å². The largest absolute Gasteiger partial charge is 0.338 e. The molecule has 2 aliphatic rings. The fourth-order valence-corrected chi connectivity index (χ4v) is 5.02. The van der Waals surface area contributed by atoms with Gasteiger partial charge < -0.3 is 14.7 Å². The highest BCUT2D eigenvalue weighted by molar-refractivity contribution is 5.94. The zero-order chi connectivity index (χ0) is 21.4. The highest BCUT2D eigenvalue weighted by Crippen LogP contribution is 2.46. The van der Waals surface area contributed by atoms with Gasteiger partial charge in [-0.3, -0.25) is 9.59 Å². The second-order valence-corrected chi connectivity index (χ2v) is 9.09. The van der Waals surface area contributed by atoms with Gasteiger partial charge in [-0.05, 0) is 51.2 Å². The second-order valence-electron chi connectivity index (χ2n) is 9.09.